The summed E-state index contributed by atoms with van der Waals surface area (Å²) in [6.07, 6.45) is 0.567. The summed E-state index contributed by atoms with van der Waals surface area (Å²) in [6.45, 7) is 1.57. The second kappa shape index (κ2) is 10.6. The first kappa shape index (κ1) is 24.4. The summed E-state index contributed by atoms with van der Waals surface area (Å²) >= 11 is 0. The number of aliphatic carboxylic acids is 1. The maximum atomic E-state index is 12.4. The van der Waals surface area contributed by atoms with Gasteiger partial charge in [-0.15, -0.1) is 0 Å². The van der Waals surface area contributed by atoms with E-state index in [9.17, 15) is 13.2 Å². The summed E-state index contributed by atoms with van der Waals surface area (Å²) in [4.78, 5) is 15.7. The van der Waals surface area contributed by atoms with Gasteiger partial charge in [0, 0.05) is 32.6 Å². The smallest absolute Gasteiger partial charge is 0.318 e. The van der Waals surface area contributed by atoms with Crippen LogP contribution in [0.1, 0.15) is 17.0 Å². The van der Waals surface area contributed by atoms with Gasteiger partial charge >= 0.3 is 5.97 Å². The van der Waals surface area contributed by atoms with Crippen molar-refractivity contribution in [2.45, 2.75) is 19.9 Å². The first-order valence-electron chi connectivity index (χ1n) is 10.3. The Morgan fingerprint density at radius 2 is 1.76 bits per heavy atom. The fraction of sp³-hybridized carbons (Fsp3) is 0.304. The fourth-order valence-electron chi connectivity index (χ4n) is 3.13. The van der Waals surface area contributed by atoms with Gasteiger partial charge in [-0.1, -0.05) is 30.3 Å². The van der Waals surface area contributed by atoms with E-state index in [4.69, 9.17) is 14.3 Å². The van der Waals surface area contributed by atoms with Crippen LogP contribution in [-0.4, -0.2) is 60.3 Å². The van der Waals surface area contributed by atoms with E-state index in [1.165, 1.54) is 14.1 Å². The summed E-state index contributed by atoms with van der Waals surface area (Å²) in [6, 6.07) is 16.5. The van der Waals surface area contributed by atoms with Crippen LogP contribution in [0.3, 0.4) is 0 Å². The SMILES string of the molecule is Cc1oc(-c2ccccc2)nc1CCOc1ccc(CN(CC(=O)O)S(=O)(=O)N(C)C)cc1. The Morgan fingerprint density at radius 1 is 1.09 bits per heavy atom. The summed E-state index contributed by atoms with van der Waals surface area (Å²) in [5, 5.41) is 9.07. The van der Waals surface area contributed by atoms with Crippen molar-refractivity contribution in [2.75, 3.05) is 27.2 Å². The molecule has 0 bridgehead atoms. The number of carboxylic acids is 1. The minimum Gasteiger partial charge on any atom is -0.493 e. The van der Waals surface area contributed by atoms with Gasteiger partial charge < -0.3 is 14.3 Å². The first-order valence-corrected chi connectivity index (χ1v) is 11.7. The van der Waals surface area contributed by atoms with Gasteiger partial charge in [0.15, 0.2) is 0 Å². The molecule has 0 spiro atoms. The van der Waals surface area contributed by atoms with Gasteiger partial charge in [0.2, 0.25) is 5.89 Å². The van der Waals surface area contributed by atoms with E-state index in [2.05, 4.69) is 4.98 Å². The molecule has 3 rings (SSSR count). The molecule has 0 aliphatic heterocycles. The number of oxazole rings is 1. The van der Waals surface area contributed by atoms with Crippen molar-refractivity contribution < 1.29 is 27.5 Å². The number of hydrogen-bond donors (Lipinski definition) is 1. The van der Waals surface area contributed by atoms with Gasteiger partial charge in [-0.2, -0.15) is 17.0 Å². The highest BCUT2D eigenvalue weighted by Gasteiger charge is 2.26. The lowest BCUT2D eigenvalue weighted by Gasteiger charge is -2.24. The lowest BCUT2D eigenvalue weighted by Crippen LogP contribution is -2.42. The molecule has 9 nitrogen and oxygen atoms in total. The van der Waals surface area contributed by atoms with Crippen LogP contribution in [-0.2, 0) is 28.0 Å². The first-order chi connectivity index (χ1) is 15.7. The molecule has 0 saturated carbocycles. The van der Waals surface area contributed by atoms with Crippen molar-refractivity contribution in [3.05, 3.63) is 71.6 Å². The van der Waals surface area contributed by atoms with E-state index in [1.54, 1.807) is 24.3 Å². The van der Waals surface area contributed by atoms with Gasteiger partial charge in [-0.05, 0) is 36.8 Å². The average Bonchev–Trinajstić information content (AvgIpc) is 3.15. The Hall–Kier alpha value is -3.21. The average molecular weight is 474 g/mol. The van der Waals surface area contributed by atoms with Gasteiger partial charge in [-0.3, -0.25) is 4.79 Å². The number of nitrogens with zero attached hydrogens (tertiary/aromatic N) is 3. The van der Waals surface area contributed by atoms with E-state index in [0.717, 1.165) is 25.6 Å². The predicted molar refractivity (Wildman–Crippen MR) is 123 cm³/mol. The van der Waals surface area contributed by atoms with Crippen molar-refractivity contribution in [2.24, 2.45) is 0 Å². The maximum absolute atomic E-state index is 12.4. The molecule has 0 amide bonds. The van der Waals surface area contributed by atoms with Crippen LogP contribution in [0.2, 0.25) is 0 Å². The molecule has 1 heterocycles. The van der Waals surface area contributed by atoms with Crippen molar-refractivity contribution >= 4 is 16.2 Å². The topological polar surface area (TPSA) is 113 Å². The van der Waals surface area contributed by atoms with E-state index in [1.807, 2.05) is 37.3 Å². The number of aryl methyl sites for hydroxylation is 1. The van der Waals surface area contributed by atoms with E-state index < -0.39 is 22.7 Å². The highest BCUT2D eigenvalue weighted by molar-refractivity contribution is 7.86. The molecule has 0 unspecified atom stereocenters. The fourth-order valence-corrected chi connectivity index (χ4v) is 4.17. The third-order valence-corrected chi connectivity index (χ3v) is 6.74. The molecule has 1 N–H and O–H groups in total. The molecule has 3 aromatic rings. The van der Waals surface area contributed by atoms with Crippen LogP contribution in [0, 0.1) is 6.92 Å². The molecule has 0 saturated heterocycles. The Morgan fingerprint density at radius 3 is 2.36 bits per heavy atom. The van der Waals surface area contributed by atoms with E-state index in [-0.39, 0.29) is 6.54 Å². The Kier molecular flexibility index (Phi) is 7.85. The third kappa shape index (κ3) is 6.41. The van der Waals surface area contributed by atoms with E-state index in [0.29, 0.717) is 30.2 Å². The maximum Gasteiger partial charge on any atom is 0.318 e. The zero-order valence-electron chi connectivity index (χ0n) is 18.8. The van der Waals surface area contributed by atoms with Crippen LogP contribution < -0.4 is 4.74 Å². The molecule has 176 valence electrons. The third-order valence-electron chi connectivity index (χ3n) is 4.90. The number of carbonyl (C=O) groups is 1. The minimum atomic E-state index is -3.87. The van der Waals surface area contributed by atoms with Crippen molar-refractivity contribution in [1.82, 2.24) is 13.6 Å². The van der Waals surface area contributed by atoms with Crippen LogP contribution >= 0.6 is 0 Å². The standard InChI is InChI=1S/C23H27N3O6S/c1-17-21(24-23(32-17)19-7-5-4-6-8-19)13-14-31-20-11-9-18(10-12-20)15-26(16-22(27)28)33(29,30)25(2)3/h4-12H,13-16H2,1-3H3,(H,27,28). The predicted octanol–water partition coefficient (Wildman–Crippen LogP) is 2.96. The van der Waals surface area contributed by atoms with Crippen molar-refractivity contribution in [3.63, 3.8) is 0 Å². The summed E-state index contributed by atoms with van der Waals surface area (Å²) < 4.78 is 38.2. The molecule has 33 heavy (non-hydrogen) atoms. The van der Waals surface area contributed by atoms with Gasteiger partial charge in [-0.25, -0.2) is 4.98 Å². The summed E-state index contributed by atoms with van der Waals surface area (Å²) in [5.74, 6) is 0.710. The van der Waals surface area contributed by atoms with E-state index >= 15 is 0 Å². The molecule has 0 aliphatic rings. The molecule has 1 aromatic heterocycles. The minimum absolute atomic E-state index is 0.0620. The molecule has 10 heteroatoms. The number of benzene rings is 2. The molecule has 2 aromatic carbocycles. The van der Waals surface area contributed by atoms with Crippen LogP contribution in [0.4, 0.5) is 0 Å². The van der Waals surface area contributed by atoms with Gasteiger partial charge in [0.25, 0.3) is 10.2 Å². The monoisotopic (exact) mass is 473 g/mol. The molecular formula is C23H27N3O6S. The van der Waals surface area contributed by atoms with Crippen LogP contribution in [0.25, 0.3) is 11.5 Å². The molecular weight excluding hydrogens is 446 g/mol. The van der Waals surface area contributed by atoms with Gasteiger partial charge in [0.1, 0.15) is 18.1 Å². The Balaban J connectivity index is 1.59. The second-order valence-electron chi connectivity index (χ2n) is 7.58. The zero-order valence-corrected chi connectivity index (χ0v) is 19.6. The number of hydrogen-bond acceptors (Lipinski definition) is 6. The lowest BCUT2D eigenvalue weighted by molar-refractivity contribution is -0.137. The van der Waals surface area contributed by atoms with Crippen LogP contribution in [0.15, 0.2) is 59.0 Å². The second-order valence-corrected chi connectivity index (χ2v) is 9.72. The molecule has 0 atom stereocenters. The lowest BCUT2D eigenvalue weighted by atomic mass is 10.2. The zero-order chi connectivity index (χ0) is 24.0. The van der Waals surface area contributed by atoms with Crippen LogP contribution in [0.5, 0.6) is 5.75 Å². The number of rotatable bonds is 11. The number of carboxylic acid groups (broad SMARTS) is 1. The highest BCUT2D eigenvalue weighted by atomic mass is 32.2. The largest absolute Gasteiger partial charge is 0.493 e. The van der Waals surface area contributed by atoms with Crippen molar-refractivity contribution in [1.29, 1.82) is 0 Å². The molecule has 0 aliphatic carbocycles. The highest BCUT2D eigenvalue weighted by Crippen LogP contribution is 2.22. The summed E-state index contributed by atoms with van der Waals surface area (Å²) in [7, 11) is -1.15. The Labute approximate surface area is 193 Å². The number of ether oxygens (including phenoxy) is 1. The number of aromatic nitrogens is 1. The normalized spacial score (nSPS) is 11.8. The molecule has 0 radical (unpaired) electrons. The molecule has 0 fully saturated rings. The quantitative estimate of drug-likeness (QED) is 0.455. The summed E-state index contributed by atoms with van der Waals surface area (Å²) in [5.41, 5.74) is 2.38. The van der Waals surface area contributed by atoms with Gasteiger partial charge in [0.05, 0.1) is 12.3 Å². The van der Waals surface area contributed by atoms with Crippen molar-refractivity contribution in [3.8, 4) is 17.2 Å². The Bertz CT molecular complexity index is 1170.